The number of thiophene rings is 1. The van der Waals surface area contributed by atoms with Gasteiger partial charge in [-0.15, -0.1) is 11.3 Å². The molecule has 1 saturated heterocycles. The van der Waals surface area contributed by atoms with E-state index in [1.54, 1.807) is 12.1 Å². The molecule has 0 radical (unpaired) electrons. The van der Waals surface area contributed by atoms with Crippen LogP contribution < -0.4 is 10.1 Å². The molecule has 3 rings (SSSR count). The lowest BCUT2D eigenvalue weighted by molar-refractivity contribution is -0.126. The lowest BCUT2D eigenvalue weighted by Crippen LogP contribution is -2.45. The maximum absolute atomic E-state index is 12.8. The Kier molecular flexibility index (Phi) is 6.74. The third-order valence-electron chi connectivity index (χ3n) is 4.82. The monoisotopic (exact) mass is 422 g/mol. The third-order valence-corrected chi connectivity index (χ3v) is 8.15. The van der Waals surface area contributed by atoms with Gasteiger partial charge in [0.05, 0.1) is 12.5 Å². The first-order valence-corrected chi connectivity index (χ1v) is 11.7. The van der Waals surface area contributed by atoms with E-state index in [9.17, 15) is 13.2 Å². The number of amides is 1. The van der Waals surface area contributed by atoms with Crippen LogP contribution in [0.25, 0.3) is 0 Å². The van der Waals surface area contributed by atoms with Crippen molar-refractivity contribution in [3.8, 4) is 5.75 Å². The van der Waals surface area contributed by atoms with E-state index < -0.39 is 10.0 Å². The number of para-hydroxylation sites is 1. The van der Waals surface area contributed by atoms with Gasteiger partial charge in [0, 0.05) is 18.0 Å². The number of rotatable bonds is 7. The second-order valence-corrected chi connectivity index (χ2v) is 10.4. The Bertz CT molecular complexity index is 924. The number of nitrogens with one attached hydrogen (secondary N) is 1. The minimum atomic E-state index is -3.53. The molecule has 1 aromatic heterocycles. The highest BCUT2D eigenvalue weighted by atomic mass is 32.2. The minimum Gasteiger partial charge on any atom is -0.491 e. The van der Waals surface area contributed by atoms with E-state index >= 15 is 0 Å². The lowest BCUT2D eigenvalue weighted by Gasteiger charge is -2.30. The smallest absolute Gasteiger partial charge is 0.252 e. The zero-order valence-electron chi connectivity index (χ0n) is 16.2. The van der Waals surface area contributed by atoms with Crippen molar-refractivity contribution in [2.75, 3.05) is 26.2 Å². The second-order valence-electron chi connectivity index (χ2n) is 6.97. The minimum absolute atomic E-state index is 0.115. The van der Waals surface area contributed by atoms with Crippen LogP contribution in [0, 0.1) is 19.8 Å². The Morgan fingerprint density at radius 3 is 2.75 bits per heavy atom. The van der Waals surface area contributed by atoms with Gasteiger partial charge in [0.15, 0.2) is 0 Å². The van der Waals surface area contributed by atoms with Gasteiger partial charge in [0.1, 0.15) is 16.6 Å². The predicted octanol–water partition coefficient (Wildman–Crippen LogP) is 2.96. The number of nitrogens with zero attached hydrogens (tertiary/aromatic N) is 1. The average molecular weight is 423 g/mol. The molecule has 0 saturated carbocycles. The van der Waals surface area contributed by atoms with Crippen molar-refractivity contribution < 1.29 is 17.9 Å². The van der Waals surface area contributed by atoms with Crippen molar-refractivity contribution in [2.45, 2.75) is 30.9 Å². The summed E-state index contributed by atoms with van der Waals surface area (Å²) in [6.07, 6.45) is 1.38. The van der Waals surface area contributed by atoms with Crippen molar-refractivity contribution in [3.05, 3.63) is 46.8 Å². The fourth-order valence-corrected chi connectivity index (χ4v) is 6.21. The molecule has 152 valence electrons. The van der Waals surface area contributed by atoms with Crippen LogP contribution in [0.15, 0.2) is 40.6 Å². The molecule has 1 fully saturated rings. The van der Waals surface area contributed by atoms with E-state index in [4.69, 9.17) is 4.74 Å². The van der Waals surface area contributed by atoms with Crippen LogP contribution in [0.5, 0.6) is 5.75 Å². The van der Waals surface area contributed by atoms with E-state index in [0.29, 0.717) is 36.7 Å². The number of ether oxygens (including phenoxy) is 1. The number of carbonyl (C=O) groups excluding carboxylic acids is 1. The molecule has 8 heteroatoms. The number of hydrogen-bond acceptors (Lipinski definition) is 5. The SMILES string of the molecule is Cc1ccc(S(=O)(=O)N2CCCC(C(=O)NCCOc3ccccc3C)C2)s1. The standard InChI is InChI=1S/C20H26N2O4S2/c1-15-6-3-4-8-18(15)26-13-11-21-20(23)17-7-5-12-22(14-17)28(24,25)19-10-9-16(2)27-19/h3-4,6,8-10,17H,5,7,11-14H2,1-2H3,(H,21,23). The van der Waals surface area contributed by atoms with Gasteiger partial charge in [0.2, 0.25) is 5.91 Å². The van der Waals surface area contributed by atoms with E-state index in [2.05, 4.69) is 5.32 Å². The summed E-state index contributed by atoms with van der Waals surface area (Å²) in [5.74, 6) is 0.358. The first kappa shape index (κ1) is 20.8. The Balaban J connectivity index is 1.51. The predicted molar refractivity (Wildman–Crippen MR) is 110 cm³/mol. The van der Waals surface area contributed by atoms with E-state index in [1.807, 2.05) is 38.1 Å². The van der Waals surface area contributed by atoms with Crippen molar-refractivity contribution in [1.29, 1.82) is 0 Å². The average Bonchev–Trinajstić information content (AvgIpc) is 3.13. The Morgan fingerprint density at radius 1 is 1.25 bits per heavy atom. The summed E-state index contributed by atoms with van der Waals surface area (Å²) in [5, 5.41) is 2.88. The highest BCUT2D eigenvalue weighted by molar-refractivity contribution is 7.91. The van der Waals surface area contributed by atoms with Crippen LogP contribution in [0.4, 0.5) is 0 Å². The van der Waals surface area contributed by atoms with Crippen LogP contribution >= 0.6 is 11.3 Å². The van der Waals surface area contributed by atoms with Crippen LogP contribution in [0.2, 0.25) is 0 Å². The topological polar surface area (TPSA) is 75.7 Å². The molecule has 2 aromatic rings. The van der Waals surface area contributed by atoms with E-state index in [1.165, 1.54) is 15.6 Å². The van der Waals surface area contributed by atoms with Crippen molar-refractivity contribution in [3.63, 3.8) is 0 Å². The van der Waals surface area contributed by atoms with Gasteiger partial charge < -0.3 is 10.1 Å². The number of aryl methyl sites for hydroxylation is 2. The number of benzene rings is 1. The number of hydrogen-bond donors (Lipinski definition) is 1. The molecule has 0 spiro atoms. The fraction of sp³-hybridized carbons (Fsp3) is 0.450. The van der Waals surface area contributed by atoms with Gasteiger partial charge in [-0.2, -0.15) is 4.31 Å². The van der Waals surface area contributed by atoms with E-state index in [-0.39, 0.29) is 18.4 Å². The van der Waals surface area contributed by atoms with Gasteiger partial charge in [-0.05, 0) is 50.5 Å². The summed E-state index contributed by atoms with van der Waals surface area (Å²) in [5.41, 5.74) is 1.05. The Morgan fingerprint density at radius 2 is 2.04 bits per heavy atom. The maximum atomic E-state index is 12.8. The van der Waals surface area contributed by atoms with Crippen LogP contribution in [0.3, 0.4) is 0 Å². The molecule has 1 amide bonds. The van der Waals surface area contributed by atoms with Crippen LogP contribution in [0.1, 0.15) is 23.3 Å². The van der Waals surface area contributed by atoms with Gasteiger partial charge in [0.25, 0.3) is 10.0 Å². The van der Waals surface area contributed by atoms with Crippen molar-refractivity contribution in [2.24, 2.45) is 5.92 Å². The molecule has 28 heavy (non-hydrogen) atoms. The van der Waals surface area contributed by atoms with Crippen molar-refractivity contribution in [1.82, 2.24) is 9.62 Å². The summed E-state index contributed by atoms with van der Waals surface area (Å²) in [6, 6.07) is 11.2. The third kappa shape index (κ3) is 4.92. The first-order chi connectivity index (χ1) is 13.4. The number of piperidine rings is 1. The maximum Gasteiger partial charge on any atom is 0.252 e. The van der Waals surface area contributed by atoms with Crippen LogP contribution in [-0.4, -0.2) is 44.9 Å². The van der Waals surface area contributed by atoms with Gasteiger partial charge in [-0.3, -0.25) is 4.79 Å². The molecule has 0 aliphatic carbocycles. The molecular weight excluding hydrogens is 396 g/mol. The van der Waals surface area contributed by atoms with E-state index in [0.717, 1.165) is 16.2 Å². The molecular formula is C20H26N2O4S2. The quantitative estimate of drug-likeness (QED) is 0.696. The molecule has 1 aliphatic rings. The normalized spacial score (nSPS) is 18.0. The molecule has 2 heterocycles. The van der Waals surface area contributed by atoms with Crippen LogP contribution in [-0.2, 0) is 14.8 Å². The Hall–Kier alpha value is -1.90. The van der Waals surface area contributed by atoms with Gasteiger partial charge in [-0.25, -0.2) is 8.42 Å². The van der Waals surface area contributed by atoms with Gasteiger partial charge in [-0.1, -0.05) is 18.2 Å². The Labute approximate surface area is 170 Å². The first-order valence-electron chi connectivity index (χ1n) is 9.40. The summed E-state index contributed by atoms with van der Waals surface area (Å²) < 4.78 is 33.1. The molecule has 1 unspecified atom stereocenters. The zero-order valence-corrected chi connectivity index (χ0v) is 17.8. The lowest BCUT2D eigenvalue weighted by atomic mass is 9.99. The summed E-state index contributed by atoms with van der Waals surface area (Å²) in [7, 11) is -3.53. The molecule has 6 nitrogen and oxygen atoms in total. The fourth-order valence-electron chi connectivity index (χ4n) is 3.25. The molecule has 0 bridgehead atoms. The molecule has 1 aromatic carbocycles. The highest BCUT2D eigenvalue weighted by Gasteiger charge is 2.33. The molecule has 1 atom stereocenters. The number of sulfonamides is 1. The summed E-state index contributed by atoms with van der Waals surface area (Å²) in [6.45, 7) is 5.30. The number of carbonyl (C=O) groups is 1. The molecule has 1 N–H and O–H groups in total. The second kappa shape index (κ2) is 9.07. The largest absolute Gasteiger partial charge is 0.491 e. The summed E-state index contributed by atoms with van der Waals surface area (Å²) >= 11 is 1.27. The highest BCUT2D eigenvalue weighted by Crippen LogP contribution is 2.28. The van der Waals surface area contributed by atoms with Crippen molar-refractivity contribution >= 4 is 27.3 Å². The summed E-state index contributed by atoms with van der Waals surface area (Å²) in [4.78, 5) is 13.5. The van der Waals surface area contributed by atoms with Gasteiger partial charge >= 0.3 is 0 Å². The zero-order chi connectivity index (χ0) is 20.1. The molecule has 1 aliphatic heterocycles.